The summed E-state index contributed by atoms with van der Waals surface area (Å²) >= 11 is 0. The number of nitrogen functional groups attached to an aromatic ring is 1. The van der Waals surface area contributed by atoms with E-state index >= 15 is 0 Å². The summed E-state index contributed by atoms with van der Waals surface area (Å²) in [6, 6.07) is 5.60. The van der Waals surface area contributed by atoms with Gasteiger partial charge in [0.2, 0.25) is 6.39 Å². The van der Waals surface area contributed by atoms with E-state index in [0.29, 0.717) is 24.5 Å². The summed E-state index contributed by atoms with van der Waals surface area (Å²) in [7, 11) is 0. The van der Waals surface area contributed by atoms with E-state index in [4.69, 9.17) is 10.5 Å². The molecule has 1 heterocycles. The molecule has 0 fully saturated rings. The topological polar surface area (TPSA) is 86.2 Å². The van der Waals surface area contributed by atoms with Crippen LogP contribution in [0.4, 0.5) is 11.4 Å². The highest BCUT2D eigenvalue weighted by Crippen LogP contribution is 2.23. The number of anilines is 2. The Morgan fingerprint density at radius 3 is 2.89 bits per heavy atom. The monoisotopic (exact) mass is 262 g/mol. The van der Waals surface area contributed by atoms with Crippen molar-refractivity contribution in [1.82, 2.24) is 10.1 Å². The van der Waals surface area contributed by atoms with Crippen molar-refractivity contribution in [1.29, 1.82) is 0 Å². The van der Waals surface area contributed by atoms with Crippen LogP contribution >= 0.6 is 0 Å². The number of benzene rings is 1. The summed E-state index contributed by atoms with van der Waals surface area (Å²) in [5.74, 6) is 1.44. The van der Waals surface area contributed by atoms with Crippen molar-refractivity contribution < 1.29 is 9.26 Å². The van der Waals surface area contributed by atoms with Crippen molar-refractivity contribution in [3.8, 4) is 5.75 Å². The molecular formula is C13H18N4O2. The molecule has 0 aliphatic heterocycles. The molecule has 1 aromatic carbocycles. The molecule has 0 saturated carbocycles. The second-order valence-corrected chi connectivity index (χ2v) is 4.48. The average molecular weight is 262 g/mol. The van der Waals surface area contributed by atoms with E-state index in [-0.39, 0.29) is 6.10 Å². The van der Waals surface area contributed by atoms with E-state index in [0.717, 1.165) is 11.4 Å². The first-order valence-corrected chi connectivity index (χ1v) is 6.20. The summed E-state index contributed by atoms with van der Waals surface area (Å²) in [4.78, 5) is 3.95. The molecule has 0 aliphatic rings. The second-order valence-electron chi connectivity index (χ2n) is 4.48. The zero-order valence-electron chi connectivity index (χ0n) is 11.1. The van der Waals surface area contributed by atoms with Gasteiger partial charge in [0.1, 0.15) is 5.75 Å². The minimum Gasteiger partial charge on any atom is -0.491 e. The Kier molecular flexibility index (Phi) is 4.22. The quantitative estimate of drug-likeness (QED) is 0.775. The van der Waals surface area contributed by atoms with E-state index in [2.05, 4.69) is 20.0 Å². The number of hydrogen-bond donors (Lipinski definition) is 2. The van der Waals surface area contributed by atoms with Crippen LogP contribution in [0.25, 0.3) is 0 Å². The van der Waals surface area contributed by atoms with Crippen molar-refractivity contribution in [3.05, 3.63) is 30.4 Å². The Morgan fingerprint density at radius 1 is 1.37 bits per heavy atom. The molecule has 6 heteroatoms. The molecule has 19 heavy (non-hydrogen) atoms. The molecule has 0 saturated heterocycles. The van der Waals surface area contributed by atoms with Gasteiger partial charge in [0.15, 0.2) is 5.82 Å². The van der Waals surface area contributed by atoms with Crippen LogP contribution in [0, 0.1) is 0 Å². The summed E-state index contributed by atoms with van der Waals surface area (Å²) in [6.07, 6.45) is 2.13. The first kappa shape index (κ1) is 13.2. The fourth-order valence-corrected chi connectivity index (χ4v) is 1.69. The zero-order chi connectivity index (χ0) is 13.7. The normalized spacial score (nSPS) is 10.7. The third-order valence-electron chi connectivity index (χ3n) is 2.39. The molecular weight excluding hydrogens is 244 g/mol. The predicted molar refractivity (Wildman–Crippen MR) is 73.1 cm³/mol. The Bertz CT molecular complexity index is 511. The van der Waals surface area contributed by atoms with Crippen molar-refractivity contribution in [2.45, 2.75) is 26.4 Å². The smallest absolute Gasteiger partial charge is 0.213 e. The molecule has 0 atom stereocenters. The maximum Gasteiger partial charge on any atom is 0.213 e. The minimum atomic E-state index is 0.119. The van der Waals surface area contributed by atoms with Crippen molar-refractivity contribution in [2.24, 2.45) is 0 Å². The van der Waals surface area contributed by atoms with Crippen LogP contribution in [0.3, 0.4) is 0 Å². The lowest BCUT2D eigenvalue weighted by atomic mass is 10.2. The van der Waals surface area contributed by atoms with Gasteiger partial charge >= 0.3 is 0 Å². The van der Waals surface area contributed by atoms with Crippen LogP contribution in [-0.4, -0.2) is 22.8 Å². The number of nitrogens with two attached hydrogens (primary N) is 1. The van der Waals surface area contributed by atoms with E-state index in [1.807, 2.05) is 32.0 Å². The lowest BCUT2D eigenvalue weighted by Crippen LogP contribution is -2.08. The third-order valence-corrected chi connectivity index (χ3v) is 2.39. The lowest BCUT2D eigenvalue weighted by Gasteiger charge is -2.13. The van der Waals surface area contributed by atoms with Crippen LogP contribution in [-0.2, 0) is 6.42 Å². The van der Waals surface area contributed by atoms with Crippen LogP contribution in [0.1, 0.15) is 19.7 Å². The van der Waals surface area contributed by atoms with Crippen LogP contribution in [0.15, 0.2) is 29.1 Å². The molecule has 0 amide bonds. The summed E-state index contributed by atoms with van der Waals surface area (Å²) in [5.41, 5.74) is 7.42. The summed E-state index contributed by atoms with van der Waals surface area (Å²) < 4.78 is 10.3. The summed E-state index contributed by atoms with van der Waals surface area (Å²) in [5, 5.41) is 7.00. The molecule has 102 valence electrons. The van der Waals surface area contributed by atoms with E-state index in [1.165, 1.54) is 6.39 Å². The van der Waals surface area contributed by atoms with Gasteiger partial charge in [-0.15, -0.1) is 0 Å². The molecule has 0 spiro atoms. The van der Waals surface area contributed by atoms with Gasteiger partial charge in [0.25, 0.3) is 0 Å². The van der Waals surface area contributed by atoms with Gasteiger partial charge in [-0.2, -0.15) is 4.98 Å². The van der Waals surface area contributed by atoms with E-state index in [1.54, 1.807) is 0 Å². The molecule has 6 nitrogen and oxygen atoms in total. The molecule has 1 aromatic heterocycles. The zero-order valence-corrected chi connectivity index (χ0v) is 11.1. The highest BCUT2D eigenvalue weighted by atomic mass is 16.5. The SMILES string of the molecule is CC(C)Oc1cc(N)cc(NCCc2ncon2)c1. The van der Waals surface area contributed by atoms with Gasteiger partial charge in [-0.25, -0.2) is 0 Å². The van der Waals surface area contributed by atoms with Crippen LogP contribution in [0.5, 0.6) is 5.75 Å². The number of ether oxygens (including phenoxy) is 1. The summed E-state index contributed by atoms with van der Waals surface area (Å²) in [6.45, 7) is 4.66. The number of rotatable bonds is 6. The number of hydrogen-bond acceptors (Lipinski definition) is 6. The molecule has 0 bridgehead atoms. The van der Waals surface area contributed by atoms with Crippen molar-refractivity contribution in [2.75, 3.05) is 17.6 Å². The molecule has 2 rings (SSSR count). The van der Waals surface area contributed by atoms with E-state index < -0.39 is 0 Å². The largest absolute Gasteiger partial charge is 0.491 e. The Balaban J connectivity index is 1.93. The third kappa shape index (κ3) is 4.17. The number of nitrogens with one attached hydrogen (secondary N) is 1. The molecule has 0 aliphatic carbocycles. The van der Waals surface area contributed by atoms with Gasteiger partial charge in [0.05, 0.1) is 6.10 Å². The van der Waals surface area contributed by atoms with Crippen molar-refractivity contribution >= 4 is 11.4 Å². The highest BCUT2D eigenvalue weighted by Gasteiger charge is 2.03. The van der Waals surface area contributed by atoms with Crippen LogP contribution < -0.4 is 15.8 Å². The number of aromatic nitrogens is 2. The number of nitrogens with zero attached hydrogens (tertiary/aromatic N) is 2. The standard InChI is InChI=1S/C13H18N4O2/c1-9(2)19-12-6-10(14)5-11(7-12)15-4-3-13-16-8-18-17-13/h5-9,15H,3-4,14H2,1-2H3. The fourth-order valence-electron chi connectivity index (χ4n) is 1.69. The Labute approximate surface area is 112 Å². The first-order chi connectivity index (χ1) is 9.13. The first-order valence-electron chi connectivity index (χ1n) is 6.20. The van der Waals surface area contributed by atoms with Crippen molar-refractivity contribution in [3.63, 3.8) is 0 Å². The maximum absolute atomic E-state index is 5.84. The average Bonchev–Trinajstić information content (AvgIpc) is 2.80. The van der Waals surface area contributed by atoms with E-state index in [9.17, 15) is 0 Å². The Hall–Kier alpha value is -2.24. The van der Waals surface area contributed by atoms with Gasteiger partial charge in [-0.3, -0.25) is 0 Å². The molecule has 3 N–H and O–H groups in total. The van der Waals surface area contributed by atoms with Gasteiger partial charge in [-0.05, 0) is 19.9 Å². The molecule has 2 aromatic rings. The second kappa shape index (κ2) is 6.08. The van der Waals surface area contributed by atoms with Crippen LogP contribution in [0.2, 0.25) is 0 Å². The molecule has 0 unspecified atom stereocenters. The van der Waals surface area contributed by atoms with Gasteiger partial charge in [-0.1, -0.05) is 5.16 Å². The predicted octanol–water partition coefficient (Wildman–Crippen LogP) is 2.09. The highest BCUT2D eigenvalue weighted by molar-refractivity contribution is 5.59. The van der Waals surface area contributed by atoms with Gasteiger partial charge in [0, 0.05) is 36.5 Å². The lowest BCUT2D eigenvalue weighted by molar-refractivity contribution is 0.242. The fraction of sp³-hybridized carbons (Fsp3) is 0.385. The Morgan fingerprint density at radius 2 is 2.21 bits per heavy atom. The van der Waals surface area contributed by atoms with Gasteiger partial charge < -0.3 is 20.3 Å². The minimum absolute atomic E-state index is 0.119. The maximum atomic E-state index is 5.84. The molecule has 0 radical (unpaired) electrons.